The van der Waals surface area contributed by atoms with Crippen LogP contribution in [-0.4, -0.2) is 31.7 Å². The SMILES string of the molecule is CCO[C@@H](C(=O)Nc1cc(C)c(S(=O)(=O)C[N+](=O)[O-])c(C)c1)c1ccccc1. The highest BCUT2D eigenvalue weighted by atomic mass is 32.2. The molecule has 0 bridgehead atoms. The molecule has 0 radical (unpaired) electrons. The molecule has 9 heteroatoms. The smallest absolute Gasteiger partial charge is 0.305 e. The minimum absolute atomic E-state index is 0.0911. The standard InChI is InChI=1S/C19H22N2O6S/c1-4-27-17(15-8-6-5-7-9-15)19(22)20-16-10-13(2)18(14(3)11-16)28(25,26)12-21(23)24/h5-11,17H,4,12H2,1-3H3,(H,20,22)/t17-/m1/s1. The Labute approximate surface area is 163 Å². The Balaban J connectivity index is 2.31. The summed E-state index contributed by atoms with van der Waals surface area (Å²) in [5.74, 6) is -1.58. The molecule has 0 aliphatic carbocycles. The van der Waals surface area contributed by atoms with Crippen molar-refractivity contribution < 1.29 is 22.9 Å². The van der Waals surface area contributed by atoms with Crippen LogP contribution in [0.2, 0.25) is 0 Å². The van der Waals surface area contributed by atoms with E-state index < -0.39 is 32.6 Å². The summed E-state index contributed by atoms with van der Waals surface area (Å²) in [6.45, 7) is 5.19. The van der Waals surface area contributed by atoms with Crippen molar-refractivity contribution in [3.8, 4) is 0 Å². The van der Waals surface area contributed by atoms with Crippen LogP contribution in [0, 0.1) is 24.0 Å². The highest BCUT2D eigenvalue weighted by Gasteiger charge is 2.27. The Morgan fingerprint density at radius 2 is 1.75 bits per heavy atom. The number of benzene rings is 2. The molecule has 0 spiro atoms. The van der Waals surface area contributed by atoms with Crippen LogP contribution < -0.4 is 5.32 Å². The van der Waals surface area contributed by atoms with Gasteiger partial charge in [-0.2, -0.15) is 0 Å². The summed E-state index contributed by atoms with van der Waals surface area (Å²) >= 11 is 0. The quantitative estimate of drug-likeness (QED) is 0.532. The zero-order valence-electron chi connectivity index (χ0n) is 15.8. The maximum Gasteiger partial charge on any atom is 0.305 e. The van der Waals surface area contributed by atoms with Gasteiger partial charge in [-0.25, -0.2) is 8.42 Å². The second kappa shape index (κ2) is 8.94. The molecule has 8 nitrogen and oxygen atoms in total. The van der Waals surface area contributed by atoms with E-state index in [4.69, 9.17) is 4.74 Å². The summed E-state index contributed by atoms with van der Waals surface area (Å²) in [7, 11) is -4.07. The number of hydrogen-bond acceptors (Lipinski definition) is 6. The van der Waals surface area contributed by atoms with Crippen LogP contribution in [0.3, 0.4) is 0 Å². The maximum absolute atomic E-state index is 12.7. The van der Waals surface area contributed by atoms with E-state index in [0.717, 1.165) is 0 Å². The predicted molar refractivity (Wildman–Crippen MR) is 104 cm³/mol. The predicted octanol–water partition coefficient (Wildman–Crippen LogP) is 3.03. The molecule has 0 aliphatic rings. The van der Waals surface area contributed by atoms with Gasteiger partial charge in [0.25, 0.3) is 5.91 Å². The lowest BCUT2D eigenvalue weighted by Gasteiger charge is -2.18. The minimum atomic E-state index is -4.07. The molecule has 1 atom stereocenters. The maximum atomic E-state index is 12.7. The number of nitro groups is 1. The highest BCUT2D eigenvalue weighted by molar-refractivity contribution is 7.91. The Kier molecular flexibility index (Phi) is 6.87. The molecule has 0 aromatic heterocycles. The Hall–Kier alpha value is -2.78. The Bertz CT molecular complexity index is 950. The molecule has 0 fully saturated rings. The first-order chi connectivity index (χ1) is 13.2. The van der Waals surface area contributed by atoms with Crippen LogP contribution >= 0.6 is 0 Å². The molecular weight excluding hydrogens is 384 g/mol. The second-order valence-corrected chi connectivity index (χ2v) is 8.15. The van der Waals surface area contributed by atoms with Gasteiger partial charge in [-0.05, 0) is 49.6 Å². The number of ether oxygens (including phenoxy) is 1. The van der Waals surface area contributed by atoms with Crippen LogP contribution in [-0.2, 0) is 19.4 Å². The van der Waals surface area contributed by atoms with Gasteiger partial charge in [0.1, 0.15) is 0 Å². The molecule has 0 aliphatic heterocycles. The molecular formula is C19H22N2O6S. The number of amides is 1. The van der Waals surface area contributed by atoms with Gasteiger partial charge in [-0.3, -0.25) is 14.9 Å². The topological polar surface area (TPSA) is 116 Å². The Morgan fingerprint density at radius 1 is 1.18 bits per heavy atom. The summed E-state index contributed by atoms with van der Waals surface area (Å²) in [6, 6.07) is 12.0. The molecule has 2 rings (SSSR count). The zero-order valence-corrected chi connectivity index (χ0v) is 16.7. The molecule has 2 aromatic carbocycles. The summed E-state index contributed by atoms with van der Waals surface area (Å²) in [5.41, 5.74) is 1.73. The van der Waals surface area contributed by atoms with E-state index in [2.05, 4.69) is 5.32 Å². The minimum Gasteiger partial charge on any atom is -0.364 e. The summed E-state index contributed by atoms with van der Waals surface area (Å²) in [6.07, 6.45) is -0.815. The number of carbonyl (C=O) groups is 1. The molecule has 0 unspecified atom stereocenters. The van der Waals surface area contributed by atoms with Crippen LogP contribution in [0.25, 0.3) is 0 Å². The number of hydrogen-bond donors (Lipinski definition) is 1. The van der Waals surface area contributed by atoms with E-state index in [-0.39, 0.29) is 4.90 Å². The monoisotopic (exact) mass is 406 g/mol. The number of rotatable bonds is 8. The largest absolute Gasteiger partial charge is 0.364 e. The lowest BCUT2D eigenvalue weighted by atomic mass is 10.1. The van der Waals surface area contributed by atoms with Crippen molar-refractivity contribution in [2.24, 2.45) is 0 Å². The van der Waals surface area contributed by atoms with Crippen LogP contribution in [0.15, 0.2) is 47.4 Å². The second-order valence-electron chi connectivity index (χ2n) is 6.25. The number of nitrogens with one attached hydrogen (secondary N) is 1. The summed E-state index contributed by atoms with van der Waals surface area (Å²) in [5, 5.41) is 13.4. The molecule has 0 heterocycles. The highest BCUT2D eigenvalue weighted by Crippen LogP contribution is 2.27. The van der Waals surface area contributed by atoms with E-state index in [1.54, 1.807) is 31.2 Å². The molecule has 0 saturated heterocycles. The first kappa shape index (κ1) is 21.5. The summed E-state index contributed by atoms with van der Waals surface area (Å²) < 4.78 is 30.1. The van der Waals surface area contributed by atoms with E-state index in [9.17, 15) is 23.3 Å². The van der Waals surface area contributed by atoms with Gasteiger partial charge < -0.3 is 10.1 Å². The third-order valence-electron chi connectivity index (χ3n) is 3.99. The average molecular weight is 406 g/mol. The van der Waals surface area contributed by atoms with Crippen molar-refractivity contribution in [1.82, 2.24) is 0 Å². The van der Waals surface area contributed by atoms with Crippen molar-refractivity contribution in [3.05, 3.63) is 69.3 Å². The van der Waals surface area contributed by atoms with E-state index in [0.29, 0.717) is 29.0 Å². The Morgan fingerprint density at radius 3 is 2.25 bits per heavy atom. The van der Waals surface area contributed by atoms with Crippen LogP contribution in [0.1, 0.15) is 29.7 Å². The van der Waals surface area contributed by atoms with Gasteiger partial charge in [0.05, 0.1) is 4.90 Å². The molecule has 150 valence electrons. The average Bonchev–Trinajstić information content (AvgIpc) is 2.58. The van der Waals surface area contributed by atoms with Gasteiger partial charge in [-0.1, -0.05) is 30.3 Å². The van der Waals surface area contributed by atoms with E-state index in [1.165, 1.54) is 26.0 Å². The third-order valence-corrected chi connectivity index (χ3v) is 5.80. The fraction of sp³-hybridized carbons (Fsp3) is 0.316. The number of anilines is 1. The van der Waals surface area contributed by atoms with Gasteiger partial charge in [-0.15, -0.1) is 0 Å². The van der Waals surface area contributed by atoms with Crippen LogP contribution in [0.4, 0.5) is 5.69 Å². The van der Waals surface area contributed by atoms with Gasteiger partial charge in [0.2, 0.25) is 9.84 Å². The van der Waals surface area contributed by atoms with Gasteiger partial charge in [0, 0.05) is 17.2 Å². The molecule has 0 saturated carbocycles. The lowest BCUT2D eigenvalue weighted by molar-refractivity contribution is -0.458. The first-order valence-corrected chi connectivity index (χ1v) is 10.2. The third kappa shape index (κ3) is 5.14. The molecule has 1 amide bonds. The van der Waals surface area contributed by atoms with E-state index >= 15 is 0 Å². The molecule has 28 heavy (non-hydrogen) atoms. The van der Waals surface area contributed by atoms with Crippen molar-refractivity contribution in [1.29, 1.82) is 0 Å². The van der Waals surface area contributed by atoms with Gasteiger partial charge >= 0.3 is 5.88 Å². The number of sulfone groups is 1. The molecule has 1 N–H and O–H groups in total. The van der Waals surface area contributed by atoms with Crippen molar-refractivity contribution in [3.63, 3.8) is 0 Å². The van der Waals surface area contributed by atoms with Crippen molar-refractivity contribution in [2.45, 2.75) is 31.8 Å². The van der Waals surface area contributed by atoms with Crippen molar-refractivity contribution in [2.75, 3.05) is 17.8 Å². The molecule has 2 aromatic rings. The van der Waals surface area contributed by atoms with Crippen LogP contribution in [0.5, 0.6) is 0 Å². The zero-order chi connectivity index (χ0) is 20.9. The summed E-state index contributed by atoms with van der Waals surface area (Å²) in [4.78, 5) is 22.4. The van der Waals surface area contributed by atoms with Gasteiger partial charge in [0.15, 0.2) is 6.10 Å². The fourth-order valence-electron chi connectivity index (χ4n) is 3.04. The lowest BCUT2D eigenvalue weighted by Crippen LogP contribution is -2.24. The number of aryl methyl sites for hydroxylation is 2. The van der Waals surface area contributed by atoms with E-state index in [1.807, 2.05) is 6.07 Å². The number of carbonyl (C=O) groups excluding carboxylic acids is 1. The fourth-order valence-corrected chi connectivity index (χ4v) is 4.55. The number of nitrogens with zero attached hydrogens (tertiary/aromatic N) is 1. The van der Waals surface area contributed by atoms with Crippen molar-refractivity contribution >= 4 is 21.4 Å². The normalized spacial score (nSPS) is 12.4. The first-order valence-electron chi connectivity index (χ1n) is 8.59.